The Morgan fingerprint density at radius 1 is 1.12 bits per heavy atom. The first-order valence-corrected chi connectivity index (χ1v) is 11.9. The monoisotopic (exact) mass is 457 g/mol. The number of fused-ring (bicyclic) bond motifs is 2. The second-order valence-electron chi connectivity index (χ2n) is 8.99. The molecule has 34 heavy (non-hydrogen) atoms. The second kappa shape index (κ2) is 9.73. The number of amides is 1. The molecule has 0 aliphatic carbocycles. The normalized spacial score (nSPS) is 15.1. The van der Waals surface area contributed by atoms with Gasteiger partial charge in [0.2, 0.25) is 0 Å². The van der Waals surface area contributed by atoms with Crippen LogP contribution in [-0.2, 0) is 6.42 Å². The van der Waals surface area contributed by atoms with Gasteiger partial charge >= 0.3 is 0 Å². The number of furan rings is 1. The van der Waals surface area contributed by atoms with E-state index >= 15 is 0 Å². The number of carbonyl (C=O) groups is 1. The number of anilines is 1. The number of piperazine rings is 1. The molecule has 3 N–H and O–H groups in total. The summed E-state index contributed by atoms with van der Waals surface area (Å²) < 4.78 is 5.50. The first kappa shape index (κ1) is 22.2. The zero-order valence-corrected chi connectivity index (χ0v) is 19.6. The number of H-pyrrole nitrogens is 1. The third kappa shape index (κ3) is 4.70. The summed E-state index contributed by atoms with van der Waals surface area (Å²) in [5, 5.41) is 2.23. The van der Waals surface area contributed by atoms with E-state index < -0.39 is 5.91 Å². The molecule has 2 aromatic carbocycles. The maximum Gasteiger partial charge on any atom is 0.284 e. The Labute approximate surface area is 199 Å². The highest BCUT2D eigenvalue weighted by Gasteiger charge is 2.18. The third-order valence-electron chi connectivity index (χ3n) is 6.72. The van der Waals surface area contributed by atoms with Crippen LogP contribution in [-0.4, -0.2) is 61.8 Å². The lowest BCUT2D eigenvalue weighted by Crippen LogP contribution is -2.46. The Bertz CT molecular complexity index is 1330. The topological polar surface area (TPSA) is 90.9 Å². The zero-order chi connectivity index (χ0) is 23.5. The van der Waals surface area contributed by atoms with Crippen molar-refractivity contribution in [1.82, 2.24) is 9.88 Å². The minimum Gasteiger partial charge on any atom is -0.451 e. The Morgan fingerprint density at radius 2 is 1.97 bits per heavy atom. The first-order chi connectivity index (χ1) is 16.6. The average molecular weight is 458 g/mol. The lowest BCUT2D eigenvalue weighted by atomic mass is 10.0. The molecule has 1 amide bonds. The molecule has 1 fully saturated rings. The molecule has 5 rings (SSSR count). The zero-order valence-electron chi connectivity index (χ0n) is 19.6. The van der Waals surface area contributed by atoms with Crippen LogP contribution in [0.1, 0.15) is 34.5 Å². The number of nitrogens with one attached hydrogen (secondary N) is 1. The van der Waals surface area contributed by atoms with Gasteiger partial charge in [-0.1, -0.05) is 6.07 Å². The second-order valence-corrected chi connectivity index (χ2v) is 8.99. The molecule has 7 heteroatoms. The number of nitrogens with two attached hydrogens (primary N) is 1. The van der Waals surface area contributed by atoms with Crippen LogP contribution in [0, 0.1) is 0 Å². The minimum atomic E-state index is -0.535. The number of nitrogens with zero attached hydrogens (tertiary/aromatic N) is 3. The number of carbonyl (C=O) groups excluding carboxylic acids is 1. The van der Waals surface area contributed by atoms with Crippen LogP contribution < -0.4 is 10.6 Å². The highest BCUT2D eigenvalue weighted by Crippen LogP contribution is 2.26. The highest BCUT2D eigenvalue weighted by molar-refractivity contribution is 5.95. The van der Waals surface area contributed by atoms with Crippen LogP contribution in [0.3, 0.4) is 0 Å². The Balaban J connectivity index is 1.10. The molecule has 0 bridgehead atoms. The lowest BCUT2D eigenvalue weighted by Gasteiger charge is -2.36. The summed E-state index contributed by atoms with van der Waals surface area (Å²) in [6.07, 6.45) is 7.52. The van der Waals surface area contributed by atoms with E-state index in [0.717, 1.165) is 55.8 Å². The minimum absolute atomic E-state index is 0.208. The van der Waals surface area contributed by atoms with Gasteiger partial charge in [-0.3, -0.25) is 14.7 Å². The fraction of sp³-hybridized carbons (Fsp3) is 0.333. The van der Waals surface area contributed by atoms with Crippen molar-refractivity contribution in [3.05, 3.63) is 65.5 Å². The summed E-state index contributed by atoms with van der Waals surface area (Å²) in [5.41, 5.74) is 10.9. The largest absolute Gasteiger partial charge is 0.451 e. The van der Waals surface area contributed by atoms with Crippen LogP contribution >= 0.6 is 0 Å². The fourth-order valence-electron chi connectivity index (χ4n) is 4.86. The number of aromatic nitrogens is 1. The number of aliphatic imine (C=N–C) groups is 1. The molecule has 1 saturated heterocycles. The van der Waals surface area contributed by atoms with E-state index in [1.54, 1.807) is 13.1 Å². The number of aromatic amines is 1. The average Bonchev–Trinajstić information content (AvgIpc) is 3.46. The fourth-order valence-corrected chi connectivity index (χ4v) is 4.86. The molecule has 3 heterocycles. The summed E-state index contributed by atoms with van der Waals surface area (Å²) in [4.78, 5) is 23.9. The van der Waals surface area contributed by atoms with Gasteiger partial charge in [-0.15, -0.1) is 0 Å². The number of hydrogen-bond acceptors (Lipinski definition) is 5. The van der Waals surface area contributed by atoms with Crippen LogP contribution in [0.2, 0.25) is 0 Å². The number of primary amides is 1. The molecule has 176 valence electrons. The van der Waals surface area contributed by atoms with Gasteiger partial charge in [0, 0.05) is 67.6 Å². The number of unbranched alkanes of at least 4 members (excludes halogenated alkanes) is 1. The summed E-state index contributed by atoms with van der Waals surface area (Å²) in [6.45, 7) is 5.24. The molecule has 1 aliphatic heterocycles. The van der Waals surface area contributed by atoms with Crippen molar-refractivity contribution >= 4 is 39.7 Å². The van der Waals surface area contributed by atoms with Gasteiger partial charge in [0.15, 0.2) is 5.76 Å². The van der Waals surface area contributed by atoms with Crippen molar-refractivity contribution in [1.29, 1.82) is 0 Å². The maximum atomic E-state index is 11.4. The molecule has 0 atom stereocenters. The van der Waals surface area contributed by atoms with Gasteiger partial charge in [0.1, 0.15) is 5.58 Å². The van der Waals surface area contributed by atoms with Gasteiger partial charge in [-0.2, -0.15) is 0 Å². The Morgan fingerprint density at radius 3 is 2.76 bits per heavy atom. The SMILES string of the molecule is CN=Cc1ccc2[nH]cc(CCCCN3CCN(c4ccc5oc(C(N)=O)cc5c4)CC3)c2c1. The van der Waals surface area contributed by atoms with Crippen molar-refractivity contribution in [2.24, 2.45) is 10.7 Å². The molecule has 4 aromatic rings. The van der Waals surface area contributed by atoms with E-state index in [0.29, 0.717) is 5.58 Å². The maximum absolute atomic E-state index is 11.4. The molecular formula is C27H31N5O2. The van der Waals surface area contributed by atoms with Gasteiger partial charge in [-0.25, -0.2) is 0 Å². The molecule has 0 saturated carbocycles. The lowest BCUT2D eigenvalue weighted by molar-refractivity contribution is 0.0976. The summed E-state index contributed by atoms with van der Waals surface area (Å²) in [7, 11) is 1.81. The van der Waals surface area contributed by atoms with E-state index in [9.17, 15) is 4.79 Å². The highest BCUT2D eigenvalue weighted by atomic mass is 16.3. The predicted octanol–water partition coefficient (Wildman–Crippen LogP) is 4.21. The molecule has 2 aromatic heterocycles. The van der Waals surface area contributed by atoms with Crippen molar-refractivity contribution in [2.45, 2.75) is 19.3 Å². The number of hydrogen-bond donors (Lipinski definition) is 2. The van der Waals surface area contributed by atoms with Crippen LogP contribution in [0.15, 0.2) is 58.1 Å². The van der Waals surface area contributed by atoms with E-state index in [1.807, 2.05) is 12.3 Å². The Kier molecular flexibility index (Phi) is 6.36. The standard InChI is InChI=1S/C27H31N5O2/c1-29-17-19-5-7-24-23(14-19)20(18-30-24)4-2-3-9-31-10-12-32(13-11-31)22-6-8-25-21(15-22)16-26(34-25)27(28)33/h5-8,14-18,30H,2-4,9-13H2,1H3,(H2,28,33). The molecule has 0 spiro atoms. The van der Waals surface area contributed by atoms with Crippen molar-refractivity contribution < 1.29 is 9.21 Å². The van der Waals surface area contributed by atoms with Gasteiger partial charge in [0.25, 0.3) is 5.91 Å². The molecule has 1 aliphatic rings. The molecule has 0 radical (unpaired) electrons. The van der Waals surface area contributed by atoms with E-state index in [-0.39, 0.29) is 5.76 Å². The van der Waals surface area contributed by atoms with E-state index in [2.05, 4.69) is 56.3 Å². The van der Waals surface area contributed by atoms with Crippen molar-refractivity contribution in [3.63, 3.8) is 0 Å². The number of rotatable bonds is 8. The van der Waals surface area contributed by atoms with Gasteiger partial charge in [0.05, 0.1) is 0 Å². The van der Waals surface area contributed by atoms with Crippen LogP contribution in [0.4, 0.5) is 5.69 Å². The third-order valence-corrected chi connectivity index (χ3v) is 6.72. The van der Waals surface area contributed by atoms with Crippen LogP contribution in [0.25, 0.3) is 21.9 Å². The first-order valence-electron chi connectivity index (χ1n) is 11.9. The van der Waals surface area contributed by atoms with Crippen molar-refractivity contribution in [3.8, 4) is 0 Å². The summed E-state index contributed by atoms with van der Waals surface area (Å²) >= 11 is 0. The number of benzene rings is 2. The quantitative estimate of drug-likeness (QED) is 0.306. The van der Waals surface area contributed by atoms with E-state index in [4.69, 9.17) is 10.2 Å². The molecule has 0 unspecified atom stereocenters. The van der Waals surface area contributed by atoms with Gasteiger partial charge < -0.3 is 20.0 Å². The number of aryl methyl sites for hydroxylation is 1. The van der Waals surface area contributed by atoms with Crippen LogP contribution in [0.5, 0.6) is 0 Å². The van der Waals surface area contributed by atoms with Crippen molar-refractivity contribution in [2.75, 3.05) is 44.7 Å². The smallest absolute Gasteiger partial charge is 0.284 e. The summed E-state index contributed by atoms with van der Waals surface area (Å²) in [6, 6.07) is 14.3. The van der Waals surface area contributed by atoms with E-state index in [1.165, 1.54) is 29.3 Å². The Hall–Kier alpha value is -3.58. The summed E-state index contributed by atoms with van der Waals surface area (Å²) in [5.74, 6) is -0.327. The van der Waals surface area contributed by atoms with Gasteiger partial charge in [-0.05, 0) is 73.3 Å². The molecular weight excluding hydrogens is 426 g/mol. The predicted molar refractivity (Wildman–Crippen MR) is 138 cm³/mol. The molecule has 7 nitrogen and oxygen atoms in total.